The molecule has 0 amide bonds. The highest BCUT2D eigenvalue weighted by Gasteiger charge is 2.29. The maximum Gasteiger partial charge on any atom is 0.246 e. The zero-order valence-electron chi connectivity index (χ0n) is 13.7. The first kappa shape index (κ1) is 17.7. The van der Waals surface area contributed by atoms with Gasteiger partial charge in [0.15, 0.2) is 0 Å². The van der Waals surface area contributed by atoms with Crippen LogP contribution in [0.5, 0.6) is 0 Å². The van der Waals surface area contributed by atoms with Crippen molar-refractivity contribution >= 4 is 10.0 Å². The van der Waals surface area contributed by atoms with Gasteiger partial charge in [-0.15, -0.1) is 0 Å². The van der Waals surface area contributed by atoms with E-state index in [1.54, 1.807) is 31.6 Å². The molecule has 23 heavy (non-hydrogen) atoms. The Morgan fingerprint density at radius 3 is 2.48 bits per heavy atom. The zero-order valence-corrected chi connectivity index (χ0v) is 14.5. The number of hydrogen-bond acceptors (Lipinski definition) is 4. The van der Waals surface area contributed by atoms with Gasteiger partial charge >= 0.3 is 0 Å². The highest BCUT2D eigenvalue weighted by atomic mass is 32.2. The average molecular weight is 337 g/mol. The summed E-state index contributed by atoms with van der Waals surface area (Å²) < 4.78 is 28.6. The molecule has 0 fully saturated rings. The fourth-order valence-electron chi connectivity index (χ4n) is 2.49. The normalized spacial score (nSPS) is 12.3. The van der Waals surface area contributed by atoms with Crippen molar-refractivity contribution < 1.29 is 13.5 Å². The van der Waals surface area contributed by atoms with E-state index in [2.05, 4.69) is 5.10 Å². The van der Waals surface area contributed by atoms with E-state index in [1.807, 2.05) is 30.3 Å². The Morgan fingerprint density at radius 1 is 1.26 bits per heavy atom. The molecule has 0 spiro atoms. The fourth-order valence-corrected chi connectivity index (χ4v) is 4.28. The predicted octanol–water partition coefficient (Wildman–Crippen LogP) is 1.63. The number of benzene rings is 1. The van der Waals surface area contributed by atoms with Crippen LogP contribution in [0.25, 0.3) is 0 Å². The zero-order chi connectivity index (χ0) is 17.0. The van der Waals surface area contributed by atoms with E-state index in [9.17, 15) is 8.42 Å². The number of hydrogen-bond donors (Lipinski definition) is 1. The number of aliphatic hydroxyl groups excluding tert-OH is 1. The van der Waals surface area contributed by atoms with Crippen LogP contribution in [0.2, 0.25) is 0 Å². The number of nitrogens with zero attached hydrogens (tertiary/aromatic N) is 3. The summed E-state index contributed by atoms with van der Waals surface area (Å²) in [6.07, 6.45) is 1.56. The van der Waals surface area contributed by atoms with E-state index in [0.29, 0.717) is 12.2 Å². The van der Waals surface area contributed by atoms with Crippen molar-refractivity contribution in [2.45, 2.75) is 38.3 Å². The second-order valence-corrected chi connectivity index (χ2v) is 7.55. The van der Waals surface area contributed by atoms with Crippen LogP contribution in [-0.2, 0) is 16.6 Å². The first-order chi connectivity index (χ1) is 10.9. The molecule has 0 bridgehead atoms. The van der Waals surface area contributed by atoms with Crippen molar-refractivity contribution in [2.75, 3.05) is 13.2 Å². The van der Waals surface area contributed by atoms with Crippen LogP contribution in [0.15, 0.2) is 41.4 Å². The lowest BCUT2D eigenvalue weighted by Crippen LogP contribution is -2.39. The number of aryl methyl sites for hydroxylation is 1. The molecule has 0 radical (unpaired) electrons. The quantitative estimate of drug-likeness (QED) is 0.833. The first-order valence-corrected chi connectivity index (χ1v) is 9.01. The number of aromatic nitrogens is 2. The predicted molar refractivity (Wildman–Crippen MR) is 88.6 cm³/mol. The molecule has 1 N–H and O–H groups in total. The molecule has 0 aliphatic rings. The van der Waals surface area contributed by atoms with Crippen LogP contribution in [0.3, 0.4) is 0 Å². The lowest BCUT2D eigenvalue weighted by atomic mass is 10.2. The molecule has 126 valence electrons. The molecular weight excluding hydrogens is 314 g/mol. The molecule has 2 aromatic rings. The van der Waals surface area contributed by atoms with Gasteiger partial charge in [-0.1, -0.05) is 30.3 Å². The standard InChI is InChI=1S/C16H23N3O3S/c1-13(2)19(9-10-20)23(21,22)16-12-18(17-14(16)3)11-15-7-5-4-6-8-15/h4-8,12-13,20H,9-11H2,1-3H3. The minimum atomic E-state index is -3.67. The Labute approximate surface area is 137 Å². The van der Waals surface area contributed by atoms with Gasteiger partial charge in [-0.2, -0.15) is 9.40 Å². The third-order valence-corrected chi connectivity index (χ3v) is 5.75. The molecule has 0 saturated heterocycles. The van der Waals surface area contributed by atoms with Gasteiger partial charge in [0.1, 0.15) is 4.90 Å². The molecule has 1 heterocycles. The SMILES string of the molecule is Cc1nn(Cc2ccccc2)cc1S(=O)(=O)N(CCO)C(C)C. The molecule has 6 nitrogen and oxygen atoms in total. The van der Waals surface area contributed by atoms with E-state index >= 15 is 0 Å². The van der Waals surface area contributed by atoms with Crippen LogP contribution in [0.1, 0.15) is 25.1 Å². The summed E-state index contributed by atoms with van der Waals surface area (Å²) in [6, 6.07) is 9.51. The smallest absolute Gasteiger partial charge is 0.246 e. The van der Waals surface area contributed by atoms with E-state index in [1.165, 1.54) is 4.31 Å². The first-order valence-electron chi connectivity index (χ1n) is 7.57. The third kappa shape index (κ3) is 3.99. The van der Waals surface area contributed by atoms with Crippen LogP contribution in [-0.4, -0.2) is 46.8 Å². The molecule has 1 aromatic carbocycles. The summed E-state index contributed by atoms with van der Waals surface area (Å²) in [4.78, 5) is 0.190. The topological polar surface area (TPSA) is 75.4 Å². The van der Waals surface area contributed by atoms with E-state index < -0.39 is 10.0 Å². The molecule has 0 aliphatic heterocycles. The summed E-state index contributed by atoms with van der Waals surface area (Å²) in [5, 5.41) is 13.5. The van der Waals surface area contributed by atoms with E-state index in [4.69, 9.17) is 5.11 Å². The van der Waals surface area contributed by atoms with Gasteiger partial charge in [-0.05, 0) is 26.3 Å². The maximum absolute atomic E-state index is 12.8. The minimum Gasteiger partial charge on any atom is -0.395 e. The Morgan fingerprint density at radius 2 is 1.91 bits per heavy atom. The summed E-state index contributed by atoms with van der Waals surface area (Å²) >= 11 is 0. The van der Waals surface area contributed by atoms with Crippen molar-refractivity contribution in [3.05, 3.63) is 47.8 Å². The van der Waals surface area contributed by atoms with Gasteiger partial charge in [-0.3, -0.25) is 4.68 Å². The van der Waals surface area contributed by atoms with Gasteiger partial charge in [0.05, 0.1) is 18.8 Å². The fraction of sp³-hybridized carbons (Fsp3) is 0.438. The van der Waals surface area contributed by atoms with Gasteiger partial charge in [-0.25, -0.2) is 8.42 Å². The molecular formula is C16H23N3O3S. The van der Waals surface area contributed by atoms with Crippen molar-refractivity contribution in [2.24, 2.45) is 0 Å². The molecule has 0 atom stereocenters. The Kier molecular flexibility index (Phi) is 5.56. The monoisotopic (exact) mass is 337 g/mol. The lowest BCUT2D eigenvalue weighted by molar-refractivity contribution is 0.236. The van der Waals surface area contributed by atoms with Crippen LogP contribution < -0.4 is 0 Å². The molecule has 2 rings (SSSR count). The van der Waals surface area contributed by atoms with Crippen molar-refractivity contribution in [3.8, 4) is 0 Å². The molecule has 0 saturated carbocycles. The van der Waals surface area contributed by atoms with Gasteiger partial charge in [0.2, 0.25) is 10.0 Å². The summed E-state index contributed by atoms with van der Waals surface area (Å²) in [7, 11) is -3.67. The van der Waals surface area contributed by atoms with Gasteiger partial charge < -0.3 is 5.11 Å². The summed E-state index contributed by atoms with van der Waals surface area (Å²) in [5.74, 6) is 0. The molecule has 0 aliphatic carbocycles. The highest BCUT2D eigenvalue weighted by molar-refractivity contribution is 7.89. The Balaban J connectivity index is 2.33. The number of rotatable bonds is 7. The van der Waals surface area contributed by atoms with Gasteiger partial charge in [0.25, 0.3) is 0 Å². The largest absolute Gasteiger partial charge is 0.395 e. The van der Waals surface area contributed by atoms with E-state index in [-0.39, 0.29) is 24.1 Å². The summed E-state index contributed by atoms with van der Waals surface area (Å²) in [5.41, 5.74) is 1.51. The maximum atomic E-state index is 12.8. The number of aliphatic hydroxyl groups is 1. The van der Waals surface area contributed by atoms with Crippen LogP contribution in [0.4, 0.5) is 0 Å². The second kappa shape index (κ2) is 7.25. The van der Waals surface area contributed by atoms with Gasteiger partial charge in [0, 0.05) is 18.8 Å². The Hall–Kier alpha value is -1.70. The van der Waals surface area contributed by atoms with E-state index in [0.717, 1.165) is 5.56 Å². The Bertz CT molecular complexity index is 739. The second-order valence-electron chi connectivity index (χ2n) is 5.70. The lowest BCUT2D eigenvalue weighted by Gasteiger charge is -2.24. The summed E-state index contributed by atoms with van der Waals surface area (Å²) in [6.45, 7) is 5.64. The number of sulfonamides is 1. The van der Waals surface area contributed by atoms with Crippen molar-refractivity contribution in [1.29, 1.82) is 0 Å². The van der Waals surface area contributed by atoms with Crippen molar-refractivity contribution in [3.63, 3.8) is 0 Å². The average Bonchev–Trinajstić information content (AvgIpc) is 2.86. The molecule has 0 unspecified atom stereocenters. The molecule has 1 aromatic heterocycles. The van der Waals surface area contributed by atoms with Crippen molar-refractivity contribution in [1.82, 2.24) is 14.1 Å². The third-order valence-electron chi connectivity index (χ3n) is 3.57. The highest BCUT2D eigenvalue weighted by Crippen LogP contribution is 2.21. The van der Waals surface area contributed by atoms with Crippen LogP contribution in [0, 0.1) is 6.92 Å². The van der Waals surface area contributed by atoms with Crippen LogP contribution >= 0.6 is 0 Å². The molecule has 7 heteroatoms. The minimum absolute atomic E-state index is 0.0727.